The van der Waals surface area contributed by atoms with Gasteiger partial charge < -0.3 is 15.0 Å². The molecule has 5 nitrogen and oxygen atoms in total. The number of nitrogens with zero attached hydrogens (tertiary/aromatic N) is 3. The van der Waals surface area contributed by atoms with Gasteiger partial charge in [-0.05, 0) is 42.7 Å². The summed E-state index contributed by atoms with van der Waals surface area (Å²) in [5.74, 6) is 0.959. The van der Waals surface area contributed by atoms with E-state index in [4.69, 9.17) is 4.74 Å². The van der Waals surface area contributed by atoms with Gasteiger partial charge in [-0.1, -0.05) is 36.4 Å². The summed E-state index contributed by atoms with van der Waals surface area (Å²) in [5, 5.41) is 5.60. The van der Waals surface area contributed by atoms with Crippen LogP contribution in [-0.4, -0.2) is 68.7 Å². The van der Waals surface area contributed by atoms with Gasteiger partial charge in [0.05, 0.1) is 6.10 Å². The van der Waals surface area contributed by atoms with E-state index in [1.807, 2.05) is 18.4 Å². The van der Waals surface area contributed by atoms with E-state index in [1.54, 1.807) is 0 Å². The van der Waals surface area contributed by atoms with Gasteiger partial charge in [0.2, 0.25) is 0 Å². The highest BCUT2D eigenvalue weighted by Crippen LogP contribution is 2.16. The number of likely N-dealkylation sites (N-methyl/N-ethyl adjacent to an activating group) is 1. The van der Waals surface area contributed by atoms with Crippen molar-refractivity contribution in [2.75, 3.05) is 46.9 Å². The first-order valence-electron chi connectivity index (χ1n) is 11.1. The highest BCUT2D eigenvalue weighted by molar-refractivity contribution is 7.09. The molecule has 2 heterocycles. The largest absolute Gasteiger partial charge is 0.378 e. The van der Waals surface area contributed by atoms with Gasteiger partial charge in [-0.15, -0.1) is 11.3 Å². The molecule has 30 heavy (non-hydrogen) atoms. The minimum atomic E-state index is 0.407. The van der Waals surface area contributed by atoms with Crippen molar-refractivity contribution in [3.05, 3.63) is 58.3 Å². The Morgan fingerprint density at radius 3 is 2.70 bits per heavy atom. The molecule has 0 bridgehead atoms. The quantitative estimate of drug-likeness (QED) is 0.354. The van der Waals surface area contributed by atoms with E-state index in [1.165, 1.54) is 10.4 Å². The lowest BCUT2D eigenvalue weighted by molar-refractivity contribution is 0.00531. The Bertz CT molecular complexity index is 727. The fraction of sp³-hybridized carbons (Fsp3) is 0.542. The third kappa shape index (κ3) is 7.74. The van der Waals surface area contributed by atoms with Crippen molar-refractivity contribution >= 4 is 17.3 Å². The number of piperidine rings is 1. The predicted molar refractivity (Wildman–Crippen MR) is 127 cm³/mol. The van der Waals surface area contributed by atoms with Crippen LogP contribution in [0.25, 0.3) is 0 Å². The maximum Gasteiger partial charge on any atom is 0.193 e. The van der Waals surface area contributed by atoms with Crippen LogP contribution < -0.4 is 5.32 Å². The Balaban J connectivity index is 1.24. The first kappa shape index (κ1) is 22.8. The van der Waals surface area contributed by atoms with Gasteiger partial charge in [0.25, 0.3) is 0 Å². The summed E-state index contributed by atoms with van der Waals surface area (Å²) >= 11 is 1.82. The molecule has 1 aromatic carbocycles. The van der Waals surface area contributed by atoms with E-state index in [-0.39, 0.29) is 0 Å². The van der Waals surface area contributed by atoms with Crippen LogP contribution in [0.5, 0.6) is 0 Å². The molecule has 1 N–H and O–H groups in total. The van der Waals surface area contributed by atoms with Gasteiger partial charge in [-0.25, -0.2) is 0 Å². The van der Waals surface area contributed by atoms with E-state index in [9.17, 15) is 0 Å². The number of thiophene rings is 1. The molecular weight excluding hydrogens is 392 g/mol. The standard InChI is InChI=1S/C24H36N4OS/c1-25-24(27(2)15-13-23-10-6-19-30-23)26-14-7-18-29-22-11-16-28(17-12-22)20-21-8-4-3-5-9-21/h3-6,8-10,19,22H,7,11-18,20H2,1-2H3,(H,25,26). The number of hydrogen-bond donors (Lipinski definition) is 1. The maximum absolute atomic E-state index is 6.14. The Morgan fingerprint density at radius 1 is 1.20 bits per heavy atom. The van der Waals surface area contributed by atoms with Crippen LogP contribution in [-0.2, 0) is 17.7 Å². The van der Waals surface area contributed by atoms with Crippen molar-refractivity contribution in [3.8, 4) is 0 Å². The second kappa shape index (κ2) is 12.7. The van der Waals surface area contributed by atoms with Crippen molar-refractivity contribution in [2.45, 2.75) is 38.3 Å². The van der Waals surface area contributed by atoms with E-state index < -0.39 is 0 Å². The molecule has 1 aromatic heterocycles. The predicted octanol–water partition coefficient (Wildman–Crippen LogP) is 3.87. The normalized spacial score (nSPS) is 16.0. The van der Waals surface area contributed by atoms with Crippen molar-refractivity contribution in [3.63, 3.8) is 0 Å². The van der Waals surface area contributed by atoms with E-state index in [0.717, 1.165) is 71.0 Å². The molecule has 3 rings (SSSR count). The van der Waals surface area contributed by atoms with Gasteiger partial charge in [0, 0.05) is 58.3 Å². The van der Waals surface area contributed by atoms with Crippen LogP contribution in [0, 0.1) is 0 Å². The van der Waals surface area contributed by atoms with Gasteiger partial charge >= 0.3 is 0 Å². The fourth-order valence-corrected chi connectivity index (χ4v) is 4.52. The Hall–Kier alpha value is -1.89. The maximum atomic E-state index is 6.14. The zero-order valence-electron chi connectivity index (χ0n) is 18.4. The number of ether oxygens (including phenoxy) is 1. The lowest BCUT2D eigenvalue weighted by Crippen LogP contribution is -2.40. The topological polar surface area (TPSA) is 40.1 Å². The molecule has 1 aliphatic rings. The first-order valence-corrected chi connectivity index (χ1v) is 11.9. The van der Waals surface area contributed by atoms with Crippen molar-refractivity contribution in [1.82, 2.24) is 15.1 Å². The summed E-state index contributed by atoms with van der Waals surface area (Å²) in [6, 6.07) is 15.0. The number of aliphatic imine (C=N–C) groups is 1. The molecular formula is C24H36N4OS. The molecule has 6 heteroatoms. The van der Waals surface area contributed by atoms with Gasteiger partial charge in [-0.2, -0.15) is 0 Å². The number of hydrogen-bond acceptors (Lipinski definition) is 4. The third-order valence-corrected chi connectivity index (χ3v) is 6.52. The molecule has 0 aliphatic carbocycles. The van der Waals surface area contributed by atoms with E-state index >= 15 is 0 Å². The Labute approximate surface area is 185 Å². The van der Waals surface area contributed by atoms with Crippen LogP contribution >= 0.6 is 11.3 Å². The number of guanidine groups is 1. The van der Waals surface area contributed by atoms with Crippen LogP contribution in [0.15, 0.2) is 52.8 Å². The Kier molecular flexibility index (Phi) is 9.67. The number of nitrogens with one attached hydrogen (secondary N) is 1. The molecule has 0 atom stereocenters. The monoisotopic (exact) mass is 428 g/mol. The van der Waals surface area contributed by atoms with Crippen molar-refractivity contribution in [1.29, 1.82) is 0 Å². The first-order chi connectivity index (χ1) is 14.7. The lowest BCUT2D eigenvalue weighted by Gasteiger charge is -2.32. The lowest BCUT2D eigenvalue weighted by atomic mass is 10.1. The minimum Gasteiger partial charge on any atom is -0.378 e. The summed E-state index contributed by atoms with van der Waals surface area (Å²) in [6.07, 6.45) is 4.73. The summed E-state index contributed by atoms with van der Waals surface area (Å²) in [4.78, 5) is 10.6. The van der Waals surface area contributed by atoms with Crippen LogP contribution in [0.4, 0.5) is 0 Å². The molecule has 1 aliphatic heterocycles. The van der Waals surface area contributed by atoms with Crippen molar-refractivity contribution < 1.29 is 4.74 Å². The van der Waals surface area contributed by atoms with E-state index in [2.05, 4.69) is 75.0 Å². The summed E-state index contributed by atoms with van der Waals surface area (Å²) in [6.45, 7) is 5.98. The number of benzene rings is 1. The van der Waals surface area contributed by atoms with Gasteiger partial charge in [0.15, 0.2) is 5.96 Å². The zero-order chi connectivity index (χ0) is 21.0. The van der Waals surface area contributed by atoms with Crippen LogP contribution in [0.1, 0.15) is 29.7 Å². The molecule has 0 saturated carbocycles. The molecule has 0 spiro atoms. The van der Waals surface area contributed by atoms with Crippen LogP contribution in [0.3, 0.4) is 0 Å². The summed E-state index contributed by atoms with van der Waals surface area (Å²) in [5.41, 5.74) is 1.40. The number of rotatable bonds is 10. The molecule has 164 valence electrons. The van der Waals surface area contributed by atoms with E-state index in [0.29, 0.717) is 6.10 Å². The molecule has 0 unspecified atom stereocenters. The molecule has 0 amide bonds. The summed E-state index contributed by atoms with van der Waals surface area (Å²) in [7, 11) is 3.95. The molecule has 2 aromatic rings. The van der Waals surface area contributed by atoms with Gasteiger partial charge in [-0.3, -0.25) is 9.89 Å². The fourth-order valence-electron chi connectivity index (χ4n) is 3.82. The third-order valence-electron chi connectivity index (χ3n) is 5.59. The highest BCUT2D eigenvalue weighted by Gasteiger charge is 2.19. The molecule has 1 fully saturated rings. The minimum absolute atomic E-state index is 0.407. The second-order valence-electron chi connectivity index (χ2n) is 7.91. The van der Waals surface area contributed by atoms with Crippen molar-refractivity contribution in [2.24, 2.45) is 4.99 Å². The smallest absolute Gasteiger partial charge is 0.193 e. The zero-order valence-corrected chi connectivity index (χ0v) is 19.2. The van der Waals surface area contributed by atoms with Crippen LogP contribution in [0.2, 0.25) is 0 Å². The van der Waals surface area contributed by atoms with Gasteiger partial charge in [0.1, 0.15) is 0 Å². The Morgan fingerprint density at radius 2 is 2.00 bits per heavy atom. The average Bonchev–Trinajstić information content (AvgIpc) is 3.30. The summed E-state index contributed by atoms with van der Waals surface area (Å²) < 4.78 is 6.14. The highest BCUT2D eigenvalue weighted by atomic mass is 32.1. The molecule has 1 saturated heterocycles. The molecule has 0 radical (unpaired) electrons. The SMILES string of the molecule is CN=C(NCCCOC1CCN(Cc2ccccc2)CC1)N(C)CCc1cccs1. The number of likely N-dealkylation sites (tertiary alicyclic amines) is 1. The average molecular weight is 429 g/mol. The second-order valence-corrected chi connectivity index (χ2v) is 8.94.